The lowest BCUT2D eigenvalue weighted by Gasteiger charge is -2.08. The molecule has 32 heavy (non-hydrogen) atoms. The molecule has 5 aromatic rings. The predicted octanol–water partition coefficient (Wildman–Crippen LogP) is 4.69. The third-order valence-corrected chi connectivity index (χ3v) is 7.98. The van der Waals surface area contributed by atoms with Gasteiger partial charge in [-0.05, 0) is 42.0 Å². The van der Waals surface area contributed by atoms with E-state index in [0.717, 1.165) is 38.2 Å². The molecule has 0 unspecified atom stereocenters. The third kappa shape index (κ3) is 3.56. The normalized spacial score (nSPS) is 11.5. The van der Waals surface area contributed by atoms with Crippen LogP contribution in [0.3, 0.4) is 0 Å². The molecule has 0 saturated carbocycles. The smallest absolute Gasteiger partial charge is 0.184 e. The highest BCUT2D eigenvalue weighted by atomic mass is 32.2. The highest BCUT2D eigenvalue weighted by Gasteiger charge is 2.16. The van der Waals surface area contributed by atoms with Crippen LogP contribution in [0.15, 0.2) is 71.3 Å². The number of nitrogens with zero attached hydrogens (tertiary/aromatic N) is 4. The lowest BCUT2D eigenvalue weighted by molar-refractivity contribution is 0.604. The van der Waals surface area contributed by atoms with Crippen LogP contribution in [-0.2, 0) is 9.84 Å². The summed E-state index contributed by atoms with van der Waals surface area (Å²) in [5, 5.41) is 17.1. The van der Waals surface area contributed by atoms with Gasteiger partial charge in [-0.25, -0.2) is 18.4 Å². The van der Waals surface area contributed by atoms with E-state index in [4.69, 9.17) is 5.26 Å². The number of rotatable bonds is 4. The zero-order valence-corrected chi connectivity index (χ0v) is 18.4. The quantitative estimate of drug-likeness (QED) is 0.419. The van der Waals surface area contributed by atoms with E-state index in [9.17, 15) is 8.42 Å². The Hall–Kier alpha value is -3.87. The SMILES string of the molecule is CS(=O)(=O)c1ccc(-c2ncnc3ccc(-c4cn[nH]c4-c4ccc(C#N)cc4)cc23)s1. The van der Waals surface area contributed by atoms with Gasteiger partial charge < -0.3 is 0 Å². The van der Waals surface area contributed by atoms with Crippen molar-refractivity contribution in [3.05, 3.63) is 72.7 Å². The summed E-state index contributed by atoms with van der Waals surface area (Å²) in [6, 6.07) is 18.7. The van der Waals surface area contributed by atoms with E-state index >= 15 is 0 Å². The van der Waals surface area contributed by atoms with Crippen molar-refractivity contribution in [2.24, 2.45) is 0 Å². The average molecular weight is 458 g/mol. The molecule has 2 aromatic carbocycles. The minimum absolute atomic E-state index is 0.299. The summed E-state index contributed by atoms with van der Waals surface area (Å²) < 4.78 is 24.1. The van der Waals surface area contributed by atoms with Crippen molar-refractivity contribution in [1.82, 2.24) is 20.2 Å². The molecule has 0 radical (unpaired) electrons. The van der Waals surface area contributed by atoms with Gasteiger partial charge in [-0.3, -0.25) is 5.10 Å². The minimum atomic E-state index is -3.29. The van der Waals surface area contributed by atoms with Crippen LogP contribution in [0.4, 0.5) is 0 Å². The lowest BCUT2D eigenvalue weighted by Crippen LogP contribution is -1.92. The topological polar surface area (TPSA) is 112 Å². The van der Waals surface area contributed by atoms with Gasteiger partial charge in [-0.1, -0.05) is 18.2 Å². The maximum absolute atomic E-state index is 11.9. The molecule has 0 fully saturated rings. The second kappa shape index (κ2) is 7.67. The first-order chi connectivity index (χ1) is 15.4. The molecule has 0 bridgehead atoms. The highest BCUT2D eigenvalue weighted by molar-refractivity contribution is 7.92. The Morgan fingerprint density at radius 3 is 2.50 bits per heavy atom. The number of sulfone groups is 1. The van der Waals surface area contributed by atoms with E-state index in [1.807, 2.05) is 30.3 Å². The standard InChI is InChI=1S/C23H15N5O2S2/c1-32(29,30)21-9-8-20(31-21)23-17-10-16(6-7-19(17)25-13-26-23)18-12-27-28-22(18)15-4-2-14(11-24)3-5-15/h2-10,12-13H,1H3,(H,27,28). The Morgan fingerprint density at radius 2 is 1.78 bits per heavy atom. The van der Waals surface area contributed by atoms with E-state index < -0.39 is 9.84 Å². The van der Waals surface area contributed by atoms with Crippen molar-refractivity contribution in [2.75, 3.05) is 6.26 Å². The van der Waals surface area contributed by atoms with Crippen LogP contribution in [0.2, 0.25) is 0 Å². The average Bonchev–Trinajstić information content (AvgIpc) is 3.48. The van der Waals surface area contributed by atoms with Gasteiger partial charge in [0.15, 0.2) is 9.84 Å². The fourth-order valence-electron chi connectivity index (χ4n) is 3.50. The molecule has 0 saturated heterocycles. The fourth-order valence-corrected chi connectivity index (χ4v) is 5.44. The van der Waals surface area contributed by atoms with Crippen LogP contribution in [0.25, 0.3) is 43.9 Å². The molecule has 0 aliphatic carbocycles. The Morgan fingerprint density at radius 1 is 1.00 bits per heavy atom. The number of fused-ring (bicyclic) bond motifs is 1. The number of hydrogen-bond donors (Lipinski definition) is 1. The molecular formula is C23H15N5O2S2. The number of nitriles is 1. The molecule has 5 rings (SSSR count). The van der Waals surface area contributed by atoms with Crippen molar-refractivity contribution >= 4 is 32.1 Å². The molecule has 0 aliphatic heterocycles. The van der Waals surface area contributed by atoms with Crippen molar-refractivity contribution < 1.29 is 8.42 Å². The Labute approximate surface area is 188 Å². The summed E-state index contributed by atoms with van der Waals surface area (Å²) in [5.74, 6) is 0. The Bertz CT molecular complexity index is 1610. The van der Waals surface area contributed by atoms with Gasteiger partial charge in [0.2, 0.25) is 0 Å². The third-order valence-electron chi connectivity index (χ3n) is 5.07. The van der Waals surface area contributed by atoms with Crippen LogP contribution in [-0.4, -0.2) is 34.8 Å². The van der Waals surface area contributed by atoms with E-state index in [-0.39, 0.29) is 0 Å². The van der Waals surface area contributed by atoms with Crippen molar-refractivity contribution in [1.29, 1.82) is 5.26 Å². The van der Waals surface area contributed by atoms with Gasteiger partial charge >= 0.3 is 0 Å². The summed E-state index contributed by atoms with van der Waals surface area (Å²) in [4.78, 5) is 9.57. The lowest BCUT2D eigenvalue weighted by atomic mass is 9.99. The van der Waals surface area contributed by atoms with E-state index in [0.29, 0.717) is 15.5 Å². The van der Waals surface area contributed by atoms with E-state index in [2.05, 4.69) is 26.2 Å². The zero-order chi connectivity index (χ0) is 22.3. The number of H-pyrrole nitrogens is 1. The minimum Gasteiger partial charge on any atom is -0.277 e. The summed E-state index contributed by atoms with van der Waals surface area (Å²) in [5.41, 5.74) is 5.60. The molecule has 0 amide bonds. The number of nitrogens with one attached hydrogen (secondary N) is 1. The summed E-state index contributed by atoms with van der Waals surface area (Å²) in [6.45, 7) is 0. The Kier molecular flexibility index (Phi) is 4.81. The number of hydrogen-bond acceptors (Lipinski definition) is 7. The van der Waals surface area contributed by atoms with Crippen LogP contribution in [0, 0.1) is 11.3 Å². The number of benzene rings is 2. The van der Waals surface area contributed by atoms with Gasteiger partial charge in [-0.2, -0.15) is 10.4 Å². The van der Waals surface area contributed by atoms with Gasteiger partial charge in [0.1, 0.15) is 10.5 Å². The molecule has 7 nitrogen and oxygen atoms in total. The second-order valence-electron chi connectivity index (χ2n) is 7.19. The molecule has 0 atom stereocenters. The van der Waals surface area contributed by atoms with Gasteiger partial charge in [0.25, 0.3) is 0 Å². The van der Waals surface area contributed by atoms with Crippen molar-refractivity contribution in [2.45, 2.75) is 4.21 Å². The first kappa shape index (κ1) is 20.1. The number of aromatic amines is 1. The summed E-state index contributed by atoms with van der Waals surface area (Å²) in [6.07, 6.45) is 4.44. The molecule has 156 valence electrons. The van der Waals surface area contributed by atoms with Gasteiger partial charge in [0.05, 0.1) is 39.6 Å². The molecule has 9 heteroatoms. The number of thiophene rings is 1. The summed E-state index contributed by atoms with van der Waals surface area (Å²) >= 11 is 1.19. The number of aromatic nitrogens is 4. The van der Waals surface area contributed by atoms with Crippen LogP contribution >= 0.6 is 11.3 Å². The van der Waals surface area contributed by atoms with Crippen LogP contribution < -0.4 is 0 Å². The molecule has 0 spiro atoms. The van der Waals surface area contributed by atoms with Crippen LogP contribution in [0.1, 0.15) is 5.56 Å². The summed E-state index contributed by atoms with van der Waals surface area (Å²) in [7, 11) is -3.29. The van der Waals surface area contributed by atoms with Crippen LogP contribution in [0.5, 0.6) is 0 Å². The maximum atomic E-state index is 11.9. The van der Waals surface area contributed by atoms with E-state index in [1.165, 1.54) is 23.9 Å². The second-order valence-corrected chi connectivity index (χ2v) is 10.5. The molecule has 0 aliphatic rings. The molecule has 3 heterocycles. The Balaban J connectivity index is 1.64. The fraction of sp³-hybridized carbons (Fsp3) is 0.0435. The largest absolute Gasteiger partial charge is 0.277 e. The predicted molar refractivity (Wildman–Crippen MR) is 124 cm³/mol. The highest BCUT2D eigenvalue weighted by Crippen LogP contribution is 2.36. The monoisotopic (exact) mass is 457 g/mol. The first-order valence-electron chi connectivity index (χ1n) is 9.53. The van der Waals surface area contributed by atoms with Crippen molar-refractivity contribution in [3.8, 4) is 39.0 Å². The van der Waals surface area contributed by atoms with Crippen molar-refractivity contribution in [3.63, 3.8) is 0 Å². The molecular weight excluding hydrogens is 442 g/mol. The maximum Gasteiger partial charge on any atom is 0.184 e. The van der Waals surface area contributed by atoms with Gasteiger partial charge in [-0.15, -0.1) is 11.3 Å². The van der Waals surface area contributed by atoms with E-state index in [1.54, 1.807) is 30.5 Å². The van der Waals surface area contributed by atoms with Gasteiger partial charge in [0, 0.05) is 22.8 Å². The first-order valence-corrected chi connectivity index (χ1v) is 12.2. The zero-order valence-electron chi connectivity index (χ0n) is 16.8. The molecule has 3 aromatic heterocycles. The molecule has 1 N–H and O–H groups in total.